The van der Waals surface area contributed by atoms with E-state index in [1.807, 2.05) is 6.92 Å². The number of hydrogen-bond acceptors (Lipinski definition) is 4. The summed E-state index contributed by atoms with van der Waals surface area (Å²) in [4.78, 5) is 27.3. The second-order valence-corrected chi connectivity index (χ2v) is 7.32. The lowest BCUT2D eigenvalue weighted by Crippen LogP contribution is -2.48. The number of nitrogens with zero attached hydrogens (tertiary/aromatic N) is 2. The maximum Gasteiger partial charge on any atom is 0.322 e. The van der Waals surface area contributed by atoms with Crippen LogP contribution < -0.4 is 10.6 Å². The van der Waals surface area contributed by atoms with Gasteiger partial charge in [0.15, 0.2) is 5.82 Å². The molecule has 1 aromatic heterocycles. The van der Waals surface area contributed by atoms with Crippen molar-refractivity contribution in [2.75, 3.05) is 11.9 Å². The summed E-state index contributed by atoms with van der Waals surface area (Å²) in [5, 5.41) is 10.2. The maximum absolute atomic E-state index is 13.1. The van der Waals surface area contributed by atoms with Crippen LogP contribution in [0.5, 0.6) is 0 Å². The normalized spacial score (nSPS) is 17.0. The van der Waals surface area contributed by atoms with E-state index in [1.54, 1.807) is 43.0 Å². The van der Waals surface area contributed by atoms with Crippen molar-refractivity contribution in [3.8, 4) is 0 Å². The summed E-state index contributed by atoms with van der Waals surface area (Å²) in [7, 11) is 0. The van der Waals surface area contributed by atoms with Crippen LogP contribution in [0, 0.1) is 6.92 Å². The topological polar surface area (TPSA) is 87.5 Å². The Morgan fingerprint density at radius 3 is 2.68 bits per heavy atom. The number of allylic oxidation sites excluding steroid dienone is 1. The Morgan fingerprint density at radius 1 is 1.32 bits per heavy atom. The van der Waals surface area contributed by atoms with Gasteiger partial charge in [-0.2, -0.15) is 0 Å². The van der Waals surface area contributed by atoms with E-state index in [0.717, 1.165) is 6.42 Å². The SMILES string of the molecule is CCCN1C(=O)N[C@H](c2ccc(Cl)cc2Cl)C(C(=O)Nc2cc(C)on2)=C1C. The summed E-state index contributed by atoms with van der Waals surface area (Å²) < 4.78 is 5.00. The Morgan fingerprint density at radius 2 is 2.07 bits per heavy atom. The standard InChI is InChI=1S/C19H20Cl2N4O3/c1-4-7-25-11(3)16(18(26)22-15-8-10(2)28-24-15)17(23-19(25)27)13-6-5-12(20)9-14(13)21/h5-6,8-9,17H,4,7H2,1-3H3,(H,23,27)(H,22,24,26)/t17-/m1/s1. The molecule has 1 aliphatic rings. The quantitative estimate of drug-likeness (QED) is 0.731. The first-order valence-corrected chi connectivity index (χ1v) is 9.55. The fourth-order valence-corrected chi connectivity index (χ4v) is 3.66. The molecule has 2 aromatic rings. The second-order valence-electron chi connectivity index (χ2n) is 6.48. The molecule has 2 heterocycles. The number of nitrogens with one attached hydrogen (secondary N) is 2. The molecule has 1 atom stereocenters. The first-order valence-electron chi connectivity index (χ1n) is 8.80. The summed E-state index contributed by atoms with van der Waals surface area (Å²) in [5.41, 5.74) is 1.51. The molecule has 9 heteroatoms. The van der Waals surface area contributed by atoms with E-state index in [-0.39, 0.29) is 6.03 Å². The van der Waals surface area contributed by atoms with Crippen molar-refractivity contribution in [2.24, 2.45) is 0 Å². The number of halogens is 2. The average Bonchev–Trinajstić information content (AvgIpc) is 3.02. The van der Waals surface area contributed by atoms with Gasteiger partial charge in [0.05, 0.1) is 11.6 Å². The lowest BCUT2D eigenvalue weighted by Gasteiger charge is -2.35. The Bertz CT molecular complexity index is 954. The Hall–Kier alpha value is -2.51. The van der Waals surface area contributed by atoms with Gasteiger partial charge in [0.2, 0.25) is 0 Å². The summed E-state index contributed by atoms with van der Waals surface area (Å²) in [6, 6.07) is 5.55. The first kappa shape index (κ1) is 20.2. The smallest absolute Gasteiger partial charge is 0.322 e. The molecule has 1 aliphatic heterocycles. The fraction of sp³-hybridized carbons (Fsp3) is 0.316. The minimum absolute atomic E-state index is 0.288. The number of rotatable bonds is 5. The minimum Gasteiger partial charge on any atom is -0.360 e. The number of carbonyl (C=O) groups excluding carboxylic acids is 2. The van der Waals surface area contributed by atoms with Gasteiger partial charge < -0.3 is 15.2 Å². The zero-order valence-corrected chi connectivity index (χ0v) is 17.2. The first-order chi connectivity index (χ1) is 13.3. The molecule has 0 spiro atoms. The van der Waals surface area contributed by atoms with Crippen molar-refractivity contribution in [1.29, 1.82) is 0 Å². The van der Waals surface area contributed by atoms with E-state index in [4.69, 9.17) is 27.7 Å². The van der Waals surface area contributed by atoms with Crippen LogP contribution in [-0.4, -0.2) is 28.5 Å². The lowest BCUT2D eigenvalue weighted by atomic mass is 9.94. The van der Waals surface area contributed by atoms with E-state index >= 15 is 0 Å². The van der Waals surface area contributed by atoms with Crippen LogP contribution in [0.1, 0.15) is 37.6 Å². The van der Waals surface area contributed by atoms with E-state index in [0.29, 0.717) is 45.0 Å². The third-order valence-electron chi connectivity index (χ3n) is 4.43. The second kappa shape index (κ2) is 8.24. The van der Waals surface area contributed by atoms with E-state index in [9.17, 15) is 9.59 Å². The van der Waals surface area contributed by atoms with Crippen molar-refractivity contribution in [3.05, 3.63) is 56.9 Å². The van der Waals surface area contributed by atoms with Gasteiger partial charge in [-0.15, -0.1) is 0 Å². The molecular weight excluding hydrogens is 403 g/mol. The summed E-state index contributed by atoms with van der Waals surface area (Å²) in [6.07, 6.45) is 0.745. The molecule has 0 fully saturated rings. The molecular formula is C19H20Cl2N4O3. The summed E-state index contributed by atoms with van der Waals surface area (Å²) in [5.74, 6) is 0.466. The van der Waals surface area contributed by atoms with Crippen LogP contribution in [0.3, 0.4) is 0 Å². The molecule has 1 aromatic carbocycles. The van der Waals surface area contributed by atoms with Gasteiger partial charge in [-0.1, -0.05) is 41.3 Å². The number of carbonyl (C=O) groups is 2. The Kier molecular flexibility index (Phi) is 5.96. The van der Waals surface area contributed by atoms with Crippen molar-refractivity contribution in [1.82, 2.24) is 15.4 Å². The van der Waals surface area contributed by atoms with Crippen LogP contribution in [0.2, 0.25) is 10.0 Å². The van der Waals surface area contributed by atoms with Gasteiger partial charge in [-0.05, 0) is 38.0 Å². The van der Waals surface area contributed by atoms with E-state index in [2.05, 4.69) is 15.8 Å². The van der Waals surface area contributed by atoms with Gasteiger partial charge in [0.1, 0.15) is 5.76 Å². The van der Waals surface area contributed by atoms with E-state index < -0.39 is 11.9 Å². The predicted molar refractivity (Wildman–Crippen MR) is 107 cm³/mol. The molecule has 3 amide bonds. The van der Waals surface area contributed by atoms with E-state index in [1.165, 1.54) is 0 Å². The highest BCUT2D eigenvalue weighted by Gasteiger charge is 2.36. The molecule has 0 saturated carbocycles. The largest absolute Gasteiger partial charge is 0.360 e. The fourth-order valence-electron chi connectivity index (χ4n) is 3.15. The molecule has 3 rings (SSSR count). The molecule has 2 N–H and O–H groups in total. The van der Waals surface area contributed by atoms with Crippen molar-refractivity contribution in [3.63, 3.8) is 0 Å². The third-order valence-corrected chi connectivity index (χ3v) is 4.99. The van der Waals surface area contributed by atoms with Crippen LogP contribution in [-0.2, 0) is 4.79 Å². The molecule has 7 nitrogen and oxygen atoms in total. The number of urea groups is 1. The Labute approximate surface area is 172 Å². The van der Waals surface area contributed by atoms with Crippen LogP contribution in [0.15, 0.2) is 40.1 Å². The van der Waals surface area contributed by atoms with Crippen molar-refractivity contribution < 1.29 is 14.1 Å². The molecule has 0 bridgehead atoms. The molecule has 0 radical (unpaired) electrons. The summed E-state index contributed by atoms with van der Waals surface area (Å²) in [6.45, 7) is 5.92. The van der Waals surface area contributed by atoms with Gasteiger partial charge in [-0.3, -0.25) is 9.69 Å². The lowest BCUT2D eigenvalue weighted by molar-refractivity contribution is -0.113. The molecule has 148 valence electrons. The van der Waals surface area contributed by atoms with Gasteiger partial charge in [-0.25, -0.2) is 4.79 Å². The van der Waals surface area contributed by atoms with Gasteiger partial charge in [0, 0.05) is 28.4 Å². The highest BCUT2D eigenvalue weighted by molar-refractivity contribution is 6.35. The number of aromatic nitrogens is 1. The van der Waals surface area contributed by atoms with Gasteiger partial charge >= 0.3 is 6.03 Å². The average molecular weight is 423 g/mol. The number of amides is 3. The zero-order chi connectivity index (χ0) is 20.4. The zero-order valence-electron chi connectivity index (χ0n) is 15.7. The minimum atomic E-state index is -0.724. The summed E-state index contributed by atoms with van der Waals surface area (Å²) >= 11 is 12.4. The number of aryl methyl sites for hydroxylation is 1. The van der Waals surface area contributed by atoms with Crippen molar-refractivity contribution >= 4 is 41.0 Å². The monoisotopic (exact) mass is 422 g/mol. The maximum atomic E-state index is 13.1. The highest BCUT2D eigenvalue weighted by atomic mass is 35.5. The van der Waals surface area contributed by atoms with Crippen LogP contribution >= 0.6 is 23.2 Å². The number of anilines is 1. The number of benzene rings is 1. The number of hydrogen-bond donors (Lipinski definition) is 2. The molecule has 28 heavy (non-hydrogen) atoms. The van der Waals surface area contributed by atoms with Crippen molar-refractivity contribution in [2.45, 2.75) is 33.2 Å². The van der Waals surface area contributed by atoms with Crippen LogP contribution in [0.4, 0.5) is 10.6 Å². The Balaban J connectivity index is 2.06. The van der Waals surface area contributed by atoms with Gasteiger partial charge in [0.25, 0.3) is 5.91 Å². The third kappa shape index (κ3) is 4.00. The molecule has 0 unspecified atom stereocenters. The molecule has 0 saturated heterocycles. The predicted octanol–water partition coefficient (Wildman–Crippen LogP) is 4.68. The van der Waals surface area contributed by atoms with Crippen LogP contribution in [0.25, 0.3) is 0 Å². The molecule has 0 aliphatic carbocycles. The highest BCUT2D eigenvalue weighted by Crippen LogP contribution is 2.35.